The summed E-state index contributed by atoms with van der Waals surface area (Å²) in [5, 5.41) is 18.2. The first kappa shape index (κ1) is 27.2. The lowest BCUT2D eigenvalue weighted by molar-refractivity contribution is -0.128. The first-order valence-corrected chi connectivity index (χ1v) is 12.3. The van der Waals surface area contributed by atoms with Crippen LogP contribution in [0, 0.1) is 5.41 Å². The van der Waals surface area contributed by atoms with E-state index in [0.29, 0.717) is 28.3 Å². The molecule has 2 heterocycles. The van der Waals surface area contributed by atoms with E-state index in [1.54, 1.807) is 80.8 Å². The van der Waals surface area contributed by atoms with Gasteiger partial charge in [-0.1, -0.05) is 36.4 Å². The maximum Gasteiger partial charge on any atom is 0.321 e. The van der Waals surface area contributed by atoms with Gasteiger partial charge in [0.25, 0.3) is 5.91 Å². The van der Waals surface area contributed by atoms with E-state index in [9.17, 15) is 19.5 Å². The molecule has 0 bridgehead atoms. The zero-order valence-electron chi connectivity index (χ0n) is 21.7. The molecule has 2 atom stereocenters. The Morgan fingerprint density at radius 3 is 2.54 bits per heavy atom. The number of hydrogen-bond acceptors (Lipinski definition) is 7. The Hall–Kier alpha value is -4.83. The number of amides is 3. The summed E-state index contributed by atoms with van der Waals surface area (Å²) in [6.45, 7) is 4.39. The largest absolute Gasteiger partial charge is 0.395 e. The van der Waals surface area contributed by atoms with E-state index in [4.69, 9.17) is 0 Å². The molecule has 4 rings (SSSR count). The minimum atomic E-state index is -1.38. The second-order valence-electron chi connectivity index (χ2n) is 9.17. The van der Waals surface area contributed by atoms with Gasteiger partial charge in [-0.2, -0.15) is 0 Å². The standard InChI is InChI=1S/C29H30N6O4/c1-4-29(2,18-36)24(37)17-35-23-14-6-5-12-21(23)25(22-13-7-8-15-31-22)33-26(27(35)38)34-28(39)32-20-11-9-10-19(16-20)30-3/h4-16,26,30,36H,1,17-18H2,2-3H3,(H2,32,34,39)/t26-,29+/m0/s1. The Morgan fingerprint density at radius 1 is 1.10 bits per heavy atom. The smallest absolute Gasteiger partial charge is 0.321 e. The van der Waals surface area contributed by atoms with Crippen molar-refractivity contribution in [3.63, 3.8) is 0 Å². The van der Waals surface area contributed by atoms with Crippen molar-refractivity contribution < 1.29 is 19.5 Å². The van der Waals surface area contributed by atoms with Crippen LogP contribution in [0.2, 0.25) is 0 Å². The molecule has 3 aromatic rings. The molecule has 200 valence electrons. The van der Waals surface area contributed by atoms with Crippen LogP contribution >= 0.6 is 0 Å². The molecule has 4 N–H and O–H groups in total. The molecule has 0 spiro atoms. The van der Waals surface area contributed by atoms with Gasteiger partial charge in [0.2, 0.25) is 6.17 Å². The Morgan fingerprint density at radius 2 is 1.85 bits per heavy atom. The van der Waals surface area contributed by atoms with Crippen molar-refractivity contribution in [2.45, 2.75) is 13.1 Å². The van der Waals surface area contributed by atoms with Gasteiger partial charge in [0.1, 0.15) is 0 Å². The molecule has 0 aliphatic carbocycles. The topological polar surface area (TPSA) is 136 Å². The molecule has 1 aliphatic rings. The number of para-hydroxylation sites is 1. The van der Waals surface area contributed by atoms with Crippen molar-refractivity contribution in [2.75, 3.05) is 35.7 Å². The number of hydrogen-bond donors (Lipinski definition) is 4. The highest BCUT2D eigenvalue weighted by Gasteiger charge is 2.37. The summed E-state index contributed by atoms with van der Waals surface area (Å²) < 4.78 is 0. The first-order valence-electron chi connectivity index (χ1n) is 12.3. The maximum absolute atomic E-state index is 13.9. The highest BCUT2D eigenvalue weighted by molar-refractivity contribution is 6.20. The zero-order valence-corrected chi connectivity index (χ0v) is 21.7. The third kappa shape index (κ3) is 5.86. The second-order valence-corrected chi connectivity index (χ2v) is 9.17. The number of benzene rings is 2. The van der Waals surface area contributed by atoms with Crippen LogP contribution in [0.3, 0.4) is 0 Å². The van der Waals surface area contributed by atoms with Gasteiger partial charge in [0.15, 0.2) is 5.78 Å². The summed E-state index contributed by atoms with van der Waals surface area (Å²) in [6, 6.07) is 18.7. The first-order chi connectivity index (χ1) is 18.8. The Balaban J connectivity index is 1.75. The summed E-state index contributed by atoms with van der Waals surface area (Å²) in [6.07, 6.45) is 1.59. The SMILES string of the molecule is C=C[C@](C)(CO)C(=O)CN1C(=O)[C@H](NC(=O)Nc2cccc(NC)c2)N=C(c2ccccn2)c2ccccc21. The summed E-state index contributed by atoms with van der Waals surface area (Å²) in [5.41, 5.74) is 1.91. The second kappa shape index (κ2) is 11.7. The number of aromatic nitrogens is 1. The predicted octanol–water partition coefficient (Wildman–Crippen LogP) is 3.21. The number of carbonyl (C=O) groups is 3. The molecule has 1 aliphatic heterocycles. The monoisotopic (exact) mass is 526 g/mol. The van der Waals surface area contributed by atoms with Crippen molar-refractivity contribution >= 4 is 40.5 Å². The molecule has 3 amide bonds. The Bertz CT molecular complexity index is 1420. The number of pyridine rings is 1. The number of aliphatic imine (C=N–C) groups is 1. The van der Waals surface area contributed by atoms with Crippen molar-refractivity contribution in [3.05, 3.63) is 96.8 Å². The molecule has 0 saturated carbocycles. The molecule has 2 aromatic carbocycles. The summed E-state index contributed by atoms with van der Waals surface area (Å²) in [5.74, 6) is -1.04. The van der Waals surface area contributed by atoms with Crippen LogP contribution in [0.15, 0.2) is 90.6 Å². The number of Topliss-reactive ketones (excluding diaryl/α,β-unsaturated/α-hetero) is 1. The molecule has 0 unspecified atom stereocenters. The molecule has 1 aromatic heterocycles. The van der Waals surface area contributed by atoms with Crippen LogP contribution in [0.25, 0.3) is 0 Å². The maximum atomic E-state index is 13.9. The number of aliphatic hydroxyl groups is 1. The fourth-order valence-corrected chi connectivity index (χ4v) is 4.03. The molecule has 0 saturated heterocycles. The van der Waals surface area contributed by atoms with E-state index in [1.165, 1.54) is 11.0 Å². The third-order valence-corrected chi connectivity index (χ3v) is 6.51. The number of nitrogens with one attached hydrogen (secondary N) is 3. The molecule has 39 heavy (non-hydrogen) atoms. The number of nitrogens with zero attached hydrogens (tertiary/aromatic N) is 3. The van der Waals surface area contributed by atoms with Gasteiger partial charge in [-0.3, -0.25) is 14.6 Å². The number of fused-ring (bicyclic) bond motifs is 1. The number of anilines is 3. The van der Waals surface area contributed by atoms with E-state index in [0.717, 1.165) is 5.69 Å². The lowest BCUT2D eigenvalue weighted by Gasteiger charge is -2.29. The van der Waals surface area contributed by atoms with Gasteiger partial charge in [0, 0.05) is 30.2 Å². The van der Waals surface area contributed by atoms with E-state index < -0.39 is 35.9 Å². The van der Waals surface area contributed by atoms with Crippen molar-refractivity contribution in [1.29, 1.82) is 0 Å². The number of aliphatic hydroxyl groups excluding tert-OH is 1. The van der Waals surface area contributed by atoms with Gasteiger partial charge in [0.05, 0.1) is 35.7 Å². The quantitative estimate of drug-likeness (QED) is 0.316. The molecule has 10 heteroatoms. The van der Waals surface area contributed by atoms with Gasteiger partial charge in [-0.25, -0.2) is 9.79 Å². The van der Waals surface area contributed by atoms with Crippen LogP contribution in [0.1, 0.15) is 18.2 Å². The van der Waals surface area contributed by atoms with Gasteiger partial charge >= 0.3 is 6.03 Å². The van der Waals surface area contributed by atoms with Gasteiger partial charge in [-0.05, 0) is 43.3 Å². The average molecular weight is 527 g/mol. The Labute approximate surface area is 226 Å². The lowest BCUT2D eigenvalue weighted by atomic mass is 9.86. The summed E-state index contributed by atoms with van der Waals surface area (Å²) in [4.78, 5) is 50.5. The molecular weight excluding hydrogens is 496 g/mol. The summed E-state index contributed by atoms with van der Waals surface area (Å²) in [7, 11) is 1.76. The van der Waals surface area contributed by atoms with Gasteiger partial charge < -0.3 is 26.0 Å². The highest BCUT2D eigenvalue weighted by atomic mass is 16.3. The van der Waals surface area contributed by atoms with Crippen LogP contribution < -0.4 is 20.9 Å². The van der Waals surface area contributed by atoms with Crippen molar-refractivity contribution in [3.8, 4) is 0 Å². The average Bonchev–Trinajstić information content (AvgIpc) is 3.08. The molecule has 0 fully saturated rings. The Kier molecular flexibility index (Phi) is 8.16. The number of rotatable bonds is 9. The van der Waals surface area contributed by atoms with Crippen LogP contribution in [-0.2, 0) is 9.59 Å². The third-order valence-electron chi connectivity index (χ3n) is 6.51. The minimum Gasteiger partial charge on any atom is -0.395 e. The van der Waals surface area contributed by atoms with Crippen molar-refractivity contribution in [2.24, 2.45) is 10.4 Å². The lowest BCUT2D eigenvalue weighted by Crippen LogP contribution is -2.51. The highest BCUT2D eigenvalue weighted by Crippen LogP contribution is 2.29. The van der Waals surface area contributed by atoms with Crippen molar-refractivity contribution in [1.82, 2.24) is 10.3 Å². The number of benzodiazepines with no additional fused rings is 1. The summed E-state index contributed by atoms with van der Waals surface area (Å²) >= 11 is 0. The predicted molar refractivity (Wildman–Crippen MR) is 151 cm³/mol. The fourth-order valence-electron chi connectivity index (χ4n) is 4.03. The van der Waals surface area contributed by atoms with Gasteiger partial charge in [-0.15, -0.1) is 6.58 Å². The van der Waals surface area contributed by atoms with E-state index in [-0.39, 0.29) is 6.54 Å². The fraction of sp³-hybridized carbons (Fsp3) is 0.207. The molecular formula is C29H30N6O4. The normalized spacial score (nSPS) is 16.2. The zero-order chi connectivity index (χ0) is 28.0. The minimum absolute atomic E-state index is 0.367. The van der Waals surface area contributed by atoms with Crippen LogP contribution in [-0.4, -0.2) is 59.9 Å². The molecule has 10 nitrogen and oxygen atoms in total. The van der Waals surface area contributed by atoms with E-state index >= 15 is 0 Å². The number of urea groups is 1. The van der Waals surface area contributed by atoms with E-state index in [1.807, 2.05) is 6.07 Å². The van der Waals surface area contributed by atoms with Crippen LogP contribution in [0.4, 0.5) is 21.9 Å². The number of carbonyl (C=O) groups excluding carboxylic acids is 3. The van der Waals surface area contributed by atoms with E-state index in [2.05, 4.69) is 32.5 Å². The van der Waals surface area contributed by atoms with Crippen LogP contribution in [0.5, 0.6) is 0 Å². The number of ketones is 1. The molecule has 0 radical (unpaired) electrons.